The third-order valence-corrected chi connectivity index (χ3v) is 6.40. The number of nitrogens with zero attached hydrogens (tertiary/aromatic N) is 6. The van der Waals surface area contributed by atoms with Crippen LogP contribution in [0.4, 0.5) is 20.2 Å². The van der Waals surface area contributed by atoms with E-state index in [2.05, 4.69) is 36.2 Å². The molecule has 178 valence electrons. The van der Waals surface area contributed by atoms with Crippen molar-refractivity contribution in [1.82, 2.24) is 30.4 Å². The van der Waals surface area contributed by atoms with Gasteiger partial charge in [-0.15, -0.1) is 20.4 Å². The Morgan fingerprint density at radius 1 is 1.00 bits per heavy atom. The van der Waals surface area contributed by atoms with Crippen LogP contribution in [0.1, 0.15) is 43.6 Å². The van der Waals surface area contributed by atoms with E-state index in [9.17, 15) is 13.6 Å². The summed E-state index contributed by atoms with van der Waals surface area (Å²) in [6.07, 6.45) is 0.945. The predicted molar refractivity (Wildman–Crippen MR) is 120 cm³/mol. The van der Waals surface area contributed by atoms with Crippen LogP contribution in [0.5, 0.6) is 0 Å². The highest BCUT2D eigenvalue weighted by molar-refractivity contribution is 6.06. The molecule has 2 aromatic heterocycles. The van der Waals surface area contributed by atoms with Crippen molar-refractivity contribution >= 4 is 17.3 Å². The molecular formula is C23H20F2N8O2. The molecule has 4 aromatic rings. The molecule has 0 atom stereocenters. The summed E-state index contributed by atoms with van der Waals surface area (Å²) in [6, 6.07) is 12.7. The van der Waals surface area contributed by atoms with Crippen LogP contribution in [0, 0.1) is 0 Å². The van der Waals surface area contributed by atoms with Crippen LogP contribution >= 0.6 is 0 Å². The van der Waals surface area contributed by atoms with Gasteiger partial charge < -0.3 is 15.1 Å². The zero-order chi connectivity index (χ0) is 24.0. The maximum Gasteiger partial charge on any atom is 0.314 e. The van der Waals surface area contributed by atoms with Gasteiger partial charge >= 0.3 is 6.43 Å². The van der Waals surface area contributed by atoms with Crippen molar-refractivity contribution in [3.8, 4) is 22.8 Å². The van der Waals surface area contributed by atoms with Gasteiger partial charge in [-0.1, -0.05) is 25.0 Å². The van der Waals surface area contributed by atoms with E-state index in [4.69, 9.17) is 4.42 Å². The van der Waals surface area contributed by atoms with Crippen molar-refractivity contribution in [1.29, 1.82) is 0 Å². The summed E-state index contributed by atoms with van der Waals surface area (Å²) >= 11 is 0. The number of anilines is 2. The maximum absolute atomic E-state index is 12.7. The highest BCUT2D eigenvalue weighted by atomic mass is 19.3. The van der Waals surface area contributed by atoms with Crippen molar-refractivity contribution in [3.05, 3.63) is 53.9 Å². The van der Waals surface area contributed by atoms with Crippen molar-refractivity contribution in [3.63, 3.8) is 0 Å². The zero-order valence-electron chi connectivity index (χ0n) is 18.4. The quantitative estimate of drug-likeness (QED) is 0.440. The molecule has 35 heavy (non-hydrogen) atoms. The number of benzene rings is 2. The molecule has 1 aliphatic carbocycles. The number of fused-ring (bicyclic) bond motifs is 1. The fourth-order valence-corrected chi connectivity index (χ4v) is 4.56. The number of hydrogen-bond donors (Lipinski definition) is 2. The lowest BCUT2D eigenvalue weighted by molar-refractivity contribution is -0.120. The second kappa shape index (κ2) is 8.22. The molecule has 0 unspecified atom stereocenters. The summed E-state index contributed by atoms with van der Waals surface area (Å²) in [6.45, 7) is 0.352. The van der Waals surface area contributed by atoms with Crippen molar-refractivity contribution in [2.45, 2.75) is 44.2 Å². The minimum atomic E-state index is -2.81. The van der Waals surface area contributed by atoms with Crippen LogP contribution in [0.25, 0.3) is 22.8 Å². The van der Waals surface area contributed by atoms with Crippen LogP contribution in [0.15, 0.2) is 46.9 Å². The second-order valence-electron chi connectivity index (χ2n) is 8.72. The van der Waals surface area contributed by atoms with Crippen molar-refractivity contribution in [2.75, 3.05) is 10.6 Å². The summed E-state index contributed by atoms with van der Waals surface area (Å²) in [5.41, 5.74) is 3.23. The molecule has 12 heteroatoms. The van der Waals surface area contributed by atoms with Gasteiger partial charge in [0.25, 0.3) is 5.89 Å². The summed E-state index contributed by atoms with van der Waals surface area (Å²) in [7, 11) is 0. The number of hydrogen-bond acceptors (Lipinski definition) is 8. The fourth-order valence-electron chi connectivity index (χ4n) is 4.56. The van der Waals surface area contributed by atoms with Gasteiger partial charge in [0.05, 0.1) is 17.9 Å². The van der Waals surface area contributed by atoms with Crippen molar-refractivity contribution < 1.29 is 18.0 Å². The molecule has 2 N–H and O–H groups in total. The number of amides is 1. The molecule has 0 radical (unpaired) electrons. The van der Waals surface area contributed by atoms with E-state index in [1.54, 1.807) is 24.3 Å². The molecule has 2 aromatic carbocycles. The molecule has 0 bridgehead atoms. The highest BCUT2D eigenvalue weighted by Crippen LogP contribution is 2.41. The lowest BCUT2D eigenvalue weighted by Crippen LogP contribution is -2.50. The number of tetrazole rings is 1. The Labute approximate surface area is 197 Å². The Bertz CT molecular complexity index is 1390. The molecule has 6 rings (SSSR count). The monoisotopic (exact) mass is 478 g/mol. The van der Waals surface area contributed by atoms with Crippen LogP contribution in [-0.4, -0.2) is 41.9 Å². The minimum Gasteiger partial charge on any atom is -0.415 e. The van der Waals surface area contributed by atoms with Crippen LogP contribution in [-0.2, 0) is 11.3 Å². The van der Waals surface area contributed by atoms with Gasteiger partial charge in [0, 0.05) is 11.1 Å². The van der Waals surface area contributed by atoms with E-state index >= 15 is 0 Å². The average Bonchev–Trinajstić information content (AvgIpc) is 3.62. The molecule has 2 aliphatic rings. The number of carbonyl (C=O) groups is 1. The topological polar surface area (TPSA) is 124 Å². The maximum atomic E-state index is 12.7. The van der Waals surface area contributed by atoms with Crippen molar-refractivity contribution in [2.24, 2.45) is 0 Å². The summed E-state index contributed by atoms with van der Waals surface area (Å²) in [4.78, 5) is 14.2. The third-order valence-electron chi connectivity index (χ3n) is 6.40. The molecule has 1 saturated carbocycles. The number of halogens is 2. The van der Waals surface area contributed by atoms with Gasteiger partial charge in [-0.25, -0.2) is 0 Å². The Morgan fingerprint density at radius 3 is 2.51 bits per heavy atom. The molecule has 1 amide bonds. The van der Waals surface area contributed by atoms with Gasteiger partial charge in [0.2, 0.25) is 17.6 Å². The van der Waals surface area contributed by atoms with Crippen LogP contribution < -0.4 is 10.6 Å². The van der Waals surface area contributed by atoms with E-state index in [0.717, 1.165) is 42.5 Å². The normalized spacial score (nSPS) is 16.4. The van der Waals surface area contributed by atoms with Gasteiger partial charge in [-0.2, -0.15) is 13.6 Å². The van der Waals surface area contributed by atoms with Gasteiger partial charge in [0.15, 0.2) is 0 Å². The molecular weight excluding hydrogens is 458 g/mol. The van der Waals surface area contributed by atoms with Gasteiger partial charge in [-0.05, 0) is 54.0 Å². The van der Waals surface area contributed by atoms with E-state index in [-0.39, 0.29) is 11.8 Å². The van der Waals surface area contributed by atoms with E-state index in [1.165, 1.54) is 4.80 Å². The first-order valence-electron chi connectivity index (χ1n) is 11.2. The number of alkyl halides is 2. The van der Waals surface area contributed by atoms with E-state index in [0.29, 0.717) is 23.6 Å². The number of nitrogens with one attached hydrogen (secondary N) is 2. The van der Waals surface area contributed by atoms with Gasteiger partial charge in [-0.3, -0.25) is 4.79 Å². The SMILES string of the molecule is O=C1Nc2cc(-c3nnn(Cc4ccc(-c5nnc(C(F)F)o5)cc4)n3)ccc2NC12CCCC2. The van der Waals surface area contributed by atoms with E-state index < -0.39 is 17.9 Å². The first-order valence-corrected chi connectivity index (χ1v) is 11.2. The summed E-state index contributed by atoms with van der Waals surface area (Å²) in [5, 5.41) is 26.2. The highest BCUT2D eigenvalue weighted by Gasteiger charge is 2.44. The van der Waals surface area contributed by atoms with Crippen LogP contribution in [0.3, 0.4) is 0 Å². The number of rotatable bonds is 5. The molecule has 1 aliphatic heterocycles. The molecule has 1 fully saturated rings. The predicted octanol–water partition coefficient (Wildman–Crippen LogP) is 4.05. The summed E-state index contributed by atoms with van der Waals surface area (Å²) < 4.78 is 30.3. The zero-order valence-corrected chi connectivity index (χ0v) is 18.4. The Kier molecular flexibility index (Phi) is 5.01. The first-order chi connectivity index (χ1) is 17.0. The van der Waals surface area contributed by atoms with E-state index in [1.807, 2.05) is 18.2 Å². The fraction of sp³-hybridized carbons (Fsp3) is 0.304. The standard InChI is InChI=1S/C23H20F2N8O2/c24-18(25)21-30-29-20(35-21)14-5-3-13(4-6-14)12-33-31-19(28-32-33)15-7-8-16-17(11-15)26-22(34)23(27-16)9-1-2-10-23/h3-8,11,18,27H,1-2,9-10,12H2,(H,26,34). The lowest BCUT2D eigenvalue weighted by Gasteiger charge is -2.35. The first kappa shape index (κ1) is 21.3. The third kappa shape index (κ3) is 3.90. The number of aromatic nitrogens is 6. The summed E-state index contributed by atoms with van der Waals surface area (Å²) in [5.74, 6) is -0.240. The Hall–Kier alpha value is -4.22. The average molecular weight is 478 g/mol. The largest absolute Gasteiger partial charge is 0.415 e. The molecule has 0 saturated heterocycles. The lowest BCUT2D eigenvalue weighted by atomic mass is 9.92. The molecule has 3 heterocycles. The smallest absolute Gasteiger partial charge is 0.314 e. The Morgan fingerprint density at radius 2 is 1.77 bits per heavy atom. The number of carbonyl (C=O) groups excluding carboxylic acids is 1. The second-order valence-corrected chi connectivity index (χ2v) is 8.72. The van der Waals surface area contributed by atoms with Crippen LogP contribution in [0.2, 0.25) is 0 Å². The minimum absolute atomic E-state index is 0.00525. The van der Waals surface area contributed by atoms with Gasteiger partial charge in [0.1, 0.15) is 5.54 Å². The Balaban J connectivity index is 1.16. The molecule has 1 spiro atoms. The molecule has 10 nitrogen and oxygen atoms in total.